The zero-order valence-electron chi connectivity index (χ0n) is 8.79. The molecule has 15 heavy (non-hydrogen) atoms. The van der Waals surface area contributed by atoms with Crippen LogP contribution in [0.25, 0.3) is 5.57 Å². The summed E-state index contributed by atoms with van der Waals surface area (Å²) in [5, 5.41) is 8.69. The number of allylic oxidation sites excluding steroid dienone is 2. The van der Waals surface area contributed by atoms with E-state index < -0.39 is 0 Å². The maximum Gasteiger partial charge on any atom is 0.119 e. The normalized spacial score (nSPS) is 16.9. The Balaban J connectivity index is 2.46. The molecule has 0 saturated carbocycles. The van der Waals surface area contributed by atoms with Gasteiger partial charge in [-0.2, -0.15) is 5.26 Å². The molecule has 1 aliphatic carbocycles. The van der Waals surface area contributed by atoms with E-state index in [4.69, 9.17) is 10.00 Å². The van der Waals surface area contributed by atoms with Crippen molar-refractivity contribution in [3.8, 4) is 11.8 Å². The zero-order chi connectivity index (χ0) is 10.7. The highest BCUT2D eigenvalue weighted by molar-refractivity contribution is 5.72. The van der Waals surface area contributed by atoms with Gasteiger partial charge in [-0.15, -0.1) is 0 Å². The summed E-state index contributed by atoms with van der Waals surface area (Å²) in [6.45, 7) is 0. The van der Waals surface area contributed by atoms with E-state index >= 15 is 0 Å². The summed E-state index contributed by atoms with van der Waals surface area (Å²) in [5.74, 6) is 0.895. The monoisotopic (exact) mass is 199 g/mol. The molecule has 0 aromatic heterocycles. The molecule has 0 spiro atoms. The summed E-state index contributed by atoms with van der Waals surface area (Å²) in [5.41, 5.74) is 3.66. The Bertz CT molecular complexity index is 440. The summed E-state index contributed by atoms with van der Waals surface area (Å²) in [7, 11) is 1.68. The second-order valence-electron chi connectivity index (χ2n) is 3.68. The van der Waals surface area contributed by atoms with E-state index in [1.165, 1.54) is 11.1 Å². The molecule has 0 fully saturated rings. The average Bonchev–Trinajstić information content (AvgIpc) is 2.29. The minimum Gasteiger partial charge on any atom is -0.497 e. The summed E-state index contributed by atoms with van der Waals surface area (Å²) in [6, 6.07) is 8.19. The third-order valence-electron chi connectivity index (χ3n) is 2.79. The largest absolute Gasteiger partial charge is 0.497 e. The summed E-state index contributed by atoms with van der Waals surface area (Å²) in [4.78, 5) is 0. The number of methoxy groups -OCH3 is 1. The smallest absolute Gasteiger partial charge is 0.119 e. The van der Waals surface area contributed by atoms with Gasteiger partial charge in [0.25, 0.3) is 0 Å². The van der Waals surface area contributed by atoms with Crippen LogP contribution in [0.15, 0.2) is 24.3 Å². The number of nitrogens with zero attached hydrogens (tertiary/aromatic N) is 1. The molecule has 0 radical (unpaired) electrons. The summed E-state index contributed by atoms with van der Waals surface area (Å²) < 4.78 is 5.19. The first kappa shape index (κ1) is 9.79. The molecule has 0 aliphatic heterocycles. The second-order valence-corrected chi connectivity index (χ2v) is 3.68. The van der Waals surface area contributed by atoms with Gasteiger partial charge in [0.1, 0.15) is 5.75 Å². The van der Waals surface area contributed by atoms with Crippen molar-refractivity contribution in [2.24, 2.45) is 0 Å². The number of rotatable bonds is 1. The summed E-state index contributed by atoms with van der Waals surface area (Å²) in [6.07, 6.45) is 4.86. The standard InChI is InChI=1S/C13H13NO/c1-15-12-5-6-13-10(7-8-14)3-2-4-11(13)9-12/h5-7,9H,2-4H2,1H3. The van der Waals surface area contributed by atoms with Crippen LogP contribution in [-0.4, -0.2) is 7.11 Å². The van der Waals surface area contributed by atoms with Crippen LogP contribution in [0.5, 0.6) is 5.75 Å². The first-order chi connectivity index (χ1) is 7.35. The molecule has 0 saturated heterocycles. The fourth-order valence-corrected chi connectivity index (χ4v) is 2.05. The van der Waals surface area contributed by atoms with Gasteiger partial charge in [0.2, 0.25) is 0 Å². The van der Waals surface area contributed by atoms with E-state index in [9.17, 15) is 0 Å². The lowest BCUT2D eigenvalue weighted by Gasteiger charge is -2.18. The Morgan fingerprint density at radius 2 is 2.27 bits per heavy atom. The molecule has 2 nitrogen and oxygen atoms in total. The van der Waals surface area contributed by atoms with Crippen LogP contribution in [0.4, 0.5) is 0 Å². The van der Waals surface area contributed by atoms with E-state index in [0.29, 0.717) is 0 Å². The highest BCUT2D eigenvalue weighted by Crippen LogP contribution is 2.32. The predicted molar refractivity (Wildman–Crippen MR) is 59.5 cm³/mol. The lowest BCUT2D eigenvalue weighted by Crippen LogP contribution is -2.02. The molecule has 0 atom stereocenters. The fraction of sp³-hybridized carbons (Fsp3) is 0.308. The molecule has 2 rings (SSSR count). The predicted octanol–water partition coefficient (Wildman–Crippen LogP) is 2.94. The molecular formula is C13H13NO. The molecule has 0 unspecified atom stereocenters. The SMILES string of the molecule is COc1ccc2c(c1)CCCC2=CC#N. The van der Waals surface area contributed by atoms with Crippen LogP contribution < -0.4 is 4.74 Å². The van der Waals surface area contributed by atoms with Crippen molar-refractivity contribution < 1.29 is 4.74 Å². The fourth-order valence-electron chi connectivity index (χ4n) is 2.05. The van der Waals surface area contributed by atoms with E-state index in [1.807, 2.05) is 6.07 Å². The molecule has 0 heterocycles. The van der Waals surface area contributed by atoms with Crippen molar-refractivity contribution in [3.63, 3.8) is 0 Å². The van der Waals surface area contributed by atoms with Gasteiger partial charge in [-0.1, -0.05) is 6.07 Å². The van der Waals surface area contributed by atoms with Crippen LogP contribution in [-0.2, 0) is 6.42 Å². The van der Waals surface area contributed by atoms with E-state index in [0.717, 1.165) is 30.6 Å². The highest BCUT2D eigenvalue weighted by Gasteiger charge is 2.14. The number of fused-ring (bicyclic) bond motifs is 1. The molecule has 76 valence electrons. The Kier molecular flexibility index (Phi) is 2.73. The van der Waals surface area contributed by atoms with Gasteiger partial charge in [-0.3, -0.25) is 0 Å². The van der Waals surface area contributed by atoms with Crippen molar-refractivity contribution in [1.29, 1.82) is 5.26 Å². The molecule has 0 amide bonds. The maximum atomic E-state index is 8.69. The molecule has 1 aromatic carbocycles. The minimum absolute atomic E-state index is 0.895. The number of benzene rings is 1. The number of ether oxygens (including phenoxy) is 1. The van der Waals surface area contributed by atoms with Gasteiger partial charge in [0, 0.05) is 6.08 Å². The van der Waals surface area contributed by atoms with Gasteiger partial charge in [-0.25, -0.2) is 0 Å². The van der Waals surface area contributed by atoms with Crippen molar-refractivity contribution in [1.82, 2.24) is 0 Å². The van der Waals surface area contributed by atoms with Gasteiger partial charge in [0.15, 0.2) is 0 Å². The molecule has 1 aromatic rings. The van der Waals surface area contributed by atoms with Crippen LogP contribution >= 0.6 is 0 Å². The lowest BCUT2D eigenvalue weighted by atomic mass is 9.87. The quantitative estimate of drug-likeness (QED) is 0.651. The Morgan fingerprint density at radius 1 is 1.40 bits per heavy atom. The van der Waals surface area contributed by atoms with Gasteiger partial charge in [-0.05, 0) is 48.1 Å². The average molecular weight is 199 g/mol. The topological polar surface area (TPSA) is 33.0 Å². The molecule has 0 bridgehead atoms. The third kappa shape index (κ3) is 1.87. The van der Waals surface area contributed by atoms with Gasteiger partial charge < -0.3 is 4.74 Å². The number of aryl methyl sites for hydroxylation is 1. The first-order valence-corrected chi connectivity index (χ1v) is 5.11. The van der Waals surface area contributed by atoms with Crippen LogP contribution in [0, 0.1) is 11.3 Å². The Morgan fingerprint density at radius 3 is 3.00 bits per heavy atom. The molecule has 0 N–H and O–H groups in total. The molecule has 1 aliphatic rings. The van der Waals surface area contributed by atoms with Gasteiger partial charge in [0.05, 0.1) is 13.2 Å². The second kappa shape index (κ2) is 4.18. The lowest BCUT2D eigenvalue weighted by molar-refractivity contribution is 0.414. The van der Waals surface area contributed by atoms with E-state index in [2.05, 4.69) is 18.2 Å². The number of hydrogen-bond acceptors (Lipinski definition) is 2. The van der Waals surface area contributed by atoms with Crippen molar-refractivity contribution in [2.45, 2.75) is 19.3 Å². The van der Waals surface area contributed by atoms with E-state index in [-0.39, 0.29) is 0 Å². The Hall–Kier alpha value is -1.75. The zero-order valence-corrected chi connectivity index (χ0v) is 8.79. The van der Waals surface area contributed by atoms with Crippen molar-refractivity contribution in [2.75, 3.05) is 7.11 Å². The third-order valence-corrected chi connectivity index (χ3v) is 2.79. The van der Waals surface area contributed by atoms with Crippen molar-refractivity contribution >= 4 is 5.57 Å². The molecular weight excluding hydrogens is 186 g/mol. The van der Waals surface area contributed by atoms with Crippen LogP contribution in [0.1, 0.15) is 24.0 Å². The molecule has 2 heteroatoms. The van der Waals surface area contributed by atoms with Crippen LogP contribution in [0.2, 0.25) is 0 Å². The summed E-state index contributed by atoms with van der Waals surface area (Å²) >= 11 is 0. The highest BCUT2D eigenvalue weighted by atomic mass is 16.5. The first-order valence-electron chi connectivity index (χ1n) is 5.11. The maximum absolute atomic E-state index is 8.69. The van der Waals surface area contributed by atoms with Gasteiger partial charge >= 0.3 is 0 Å². The minimum atomic E-state index is 0.895. The van der Waals surface area contributed by atoms with E-state index in [1.54, 1.807) is 13.2 Å². The van der Waals surface area contributed by atoms with Crippen molar-refractivity contribution in [3.05, 3.63) is 35.4 Å². The van der Waals surface area contributed by atoms with Crippen LogP contribution in [0.3, 0.4) is 0 Å². The number of hydrogen-bond donors (Lipinski definition) is 0. The number of nitriles is 1. The Labute approximate surface area is 89.8 Å².